The molecular formula is C10H21N5O2S. The number of sulfonamides is 1. The Balaban J connectivity index is 2.82. The minimum absolute atomic E-state index is 0.127. The quantitative estimate of drug-likeness (QED) is 0.616. The third-order valence-electron chi connectivity index (χ3n) is 2.31. The summed E-state index contributed by atoms with van der Waals surface area (Å²) in [5.41, 5.74) is 0.627. The number of nitrogens with one attached hydrogen (secondary N) is 3. The maximum atomic E-state index is 12.2. The van der Waals surface area contributed by atoms with Crippen LogP contribution in [0.15, 0.2) is 11.2 Å². The Labute approximate surface area is 108 Å². The molecule has 0 spiro atoms. The standard InChI is InChI=1S/C10H21N5O2S/c1-8(7-15(3)4)14-18(16,17)10-9(5-11-2)6-12-13-10/h6,8,11,14H,5,7H2,1-4H3,(H,12,13). The minimum atomic E-state index is -3.55. The Bertz CT molecular complexity index is 468. The molecule has 0 amide bonds. The average molecular weight is 275 g/mol. The second kappa shape index (κ2) is 6.28. The molecule has 7 nitrogen and oxygen atoms in total. The van der Waals surface area contributed by atoms with E-state index in [0.717, 1.165) is 0 Å². The first kappa shape index (κ1) is 15.1. The Morgan fingerprint density at radius 3 is 2.72 bits per heavy atom. The van der Waals surface area contributed by atoms with Gasteiger partial charge in [-0.3, -0.25) is 5.10 Å². The summed E-state index contributed by atoms with van der Waals surface area (Å²) < 4.78 is 26.9. The molecule has 18 heavy (non-hydrogen) atoms. The highest BCUT2D eigenvalue weighted by molar-refractivity contribution is 7.89. The molecule has 0 aromatic carbocycles. The molecule has 0 aliphatic heterocycles. The second-order valence-electron chi connectivity index (χ2n) is 4.54. The highest BCUT2D eigenvalue weighted by atomic mass is 32.2. The van der Waals surface area contributed by atoms with Gasteiger partial charge in [0.25, 0.3) is 10.0 Å². The van der Waals surface area contributed by atoms with Crippen LogP contribution in [-0.2, 0) is 16.6 Å². The zero-order valence-electron chi connectivity index (χ0n) is 11.2. The van der Waals surface area contributed by atoms with E-state index in [4.69, 9.17) is 0 Å². The van der Waals surface area contributed by atoms with E-state index in [1.807, 2.05) is 25.9 Å². The highest BCUT2D eigenvalue weighted by Gasteiger charge is 2.22. The lowest BCUT2D eigenvalue weighted by Crippen LogP contribution is -2.40. The topological polar surface area (TPSA) is 90.1 Å². The SMILES string of the molecule is CNCc1cn[nH]c1S(=O)(=O)NC(C)CN(C)C. The maximum Gasteiger partial charge on any atom is 0.258 e. The molecule has 0 radical (unpaired) electrons. The van der Waals surface area contributed by atoms with Crippen molar-refractivity contribution in [3.8, 4) is 0 Å². The highest BCUT2D eigenvalue weighted by Crippen LogP contribution is 2.11. The van der Waals surface area contributed by atoms with Crippen molar-refractivity contribution in [2.45, 2.75) is 24.5 Å². The Morgan fingerprint density at radius 1 is 1.50 bits per heavy atom. The number of hydrogen-bond donors (Lipinski definition) is 3. The van der Waals surface area contributed by atoms with Crippen LogP contribution in [0.2, 0.25) is 0 Å². The monoisotopic (exact) mass is 275 g/mol. The van der Waals surface area contributed by atoms with Crippen LogP contribution in [-0.4, -0.2) is 57.2 Å². The van der Waals surface area contributed by atoms with Crippen molar-refractivity contribution in [2.24, 2.45) is 0 Å². The van der Waals surface area contributed by atoms with Crippen LogP contribution in [0.4, 0.5) is 0 Å². The lowest BCUT2D eigenvalue weighted by molar-refractivity contribution is 0.370. The number of aromatic nitrogens is 2. The Morgan fingerprint density at radius 2 is 2.17 bits per heavy atom. The summed E-state index contributed by atoms with van der Waals surface area (Å²) >= 11 is 0. The van der Waals surface area contributed by atoms with E-state index in [0.29, 0.717) is 18.7 Å². The van der Waals surface area contributed by atoms with Crippen molar-refractivity contribution in [3.05, 3.63) is 11.8 Å². The lowest BCUT2D eigenvalue weighted by atomic mass is 10.3. The van der Waals surface area contributed by atoms with E-state index >= 15 is 0 Å². The van der Waals surface area contributed by atoms with E-state index in [1.54, 1.807) is 7.05 Å². The van der Waals surface area contributed by atoms with Gasteiger partial charge >= 0.3 is 0 Å². The normalized spacial score (nSPS) is 14.1. The van der Waals surface area contributed by atoms with E-state index in [2.05, 4.69) is 20.2 Å². The van der Waals surface area contributed by atoms with Crippen LogP contribution in [0.3, 0.4) is 0 Å². The Hall–Kier alpha value is -0.960. The summed E-state index contributed by atoms with van der Waals surface area (Å²) in [6, 6.07) is -0.171. The van der Waals surface area contributed by atoms with Crippen molar-refractivity contribution in [1.82, 2.24) is 25.1 Å². The predicted molar refractivity (Wildman–Crippen MR) is 69.7 cm³/mol. The number of hydrogen-bond acceptors (Lipinski definition) is 5. The van der Waals surface area contributed by atoms with Gasteiger partial charge in [-0.2, -0.15) is 5.10 Å². The lowest BCUT2D eigenvalue weighted by Gasteiger charge is -2.18. The van der Waals surface area contributed by atoms with Gasteiger partial charge in [0.15, 0.2) is 5.03 Å². The third kappa shape index (κ3) is 4.05. The molecular weight excluding hydrogens is 254 g/mol. The van der Waals surface area contributed by atoms with Gasteiger partial charge in [0, 0.05) is 24.7 Å². The molecule has 1 aromatic rings. The maximum absolute atomic E-state index is 12.2. The van der Waals surface area contributed by atoms with Crippen LogP contribution in [0.1, 0.15) is 12.5 Å². The fourth-order valence-electron chi connectivity index (χ4n) is 1.76. The van der Waals surface area contributed by atoms with Gasteiger partial charge < -0.3 is 10.2 Å². The largest absolute Gasteiger partial charge is 0.316 e. The fourth-order valence-corrected chi connectivity index (χ4v) is 3.12. The van der Waals surface area contributed by atoms with Crippen LogP contribution in [0.25, 0.3) is 0 Å². The summed E-state index contributed by atoms with van der Waals surface area (Å²) in [6.07, 6.45) is 1.52. The summed E-state index contributed by atoms with van der Waals surface area (Å²) in [6.45, 7) is 2.91. The second-order valence-corrected chi connectivity index (χ2v) is 6.19. The molecule has 0 fully saturated rings. The van der Waals surface area contributed by atoms with Gasteiger partial charge in [-0.15, -0.1) is 0 Å². The molecule has 3 N–H and O–H groups in total. The summed E-state index contributed by atoms with van der Waals surface area (Å²) in [5, 5.41) is 9.35. The third-order valence-corrected chi connectivity index (χ3v) is 3.91. The van der Waals surface area contributed by atoms with E-state index in [1.165, 1.54) is 6.20 Å². The molecule has 0 bridgehead atoms. The van der Waals surface area contributed by atoms with Crippen LogP contribution in [0.5, 0.6) is 0 Å². The van der Waals surface area contributed by atoms with E-state index in [9.17, 15) is 8.42 Å². The Kier molecular flexibility index (Phi) is 5.27. The number of likely N-dealkylation sites (N-methyl/N-ethyl adjacent to an activating group) is 1. The minimum Gasteiger partial charge on any atom is -0.316 e. The van der Waals surface area contributed by atoms with E-state index < -0.39 is 10.0 Å². The van der Waals surface area contributed by atoms with Crippen molar-refractivity contribution in [1.29, 1.82) is 0 Å². The molecule has 0 aliphatic rings. The fraction of sp³-hybridized carbons (Fsp3) is 0.700. The van der Waals surface area contributed by atoms with Crippen molar-refractivity contribution < 1.29 is 8.42 Å². The molecule has 1 rings (SSSR count). The molecule has 1 unspecified atom stereocenters. The van der Waals surface area contributed by atoms with Gasteiger partial charge in [-0.1, -0.05) is 0 Å². The van der Waals surface area contributed by atoms with E-state index in [-0.39, 0.29) is 11.1 Å². The van der Waals surface area contributed by atoms with Gasteiger partial charge in [-0.05, 0) is 28.1 Å². The van der Waals surface area contributed by atoms with Crippen molar-refractivity contribution in [2.75, 3.05) is 27.7 Å². The number of aromatic amines is 1. The molecule has 0 saturated carbocycles. The molecule has 1 aromatic heterocycles. The molecule has 1 heterocycles. The van der Waals surface area contributed by atoms with Crippen molar-refractivity contribution >= 4 is 10.0 Å². The molecule has 0 aliphatic carbocycles. The van der Waals surface area contributed by atoms with Gasteiger partial charge in [-0.25, -0.2) is 13.1 Å². The van der Waals surface area contributed by atoms with Crippen LogP contribution in [0, 0.1) is 0 Å². The molecule has 8 heteroatoms. The zero-order chi connectivity index (χ0) is 13.8. The average Bonchev–Trinajstić information content (AvgIpc) is 2.64. The first-order valence-corrected chi connectivity index (χ1v) is 7.19. The smallest absolute Gasteiger partial charge is 0.258 e. The number of H-pyrrole nitrogens is 1. The number of rotatable bonds is 7. The molecule has 0 saturated heterocycles. The van der Waals surface area contributed by atoms with Gasteiger partial charge in [0.1, 0.15) is 0 Å². The molecule has 1 atom stereocenters. The van der Waals surface area contributed by atoms with Gasteiger partial charge in [0.05, 0.1) is 6.20 Å². The molecule has 104 valence electrons. The van der Waals surface area contributed by atoms with Crippen LogP contribution >= 0.6 is 0 Å². The number of nitrogens with zero attached hydrogens (tertiary/aromatic N) is 2. The zero-order valence-corrected chi connectivity index (χ0v) is 12.0. The predicted octanol–water partition coefficient (Wildman–Crippen LogP) is -0.642. The first-order valence-electron chi connectivity index (χ1n) is 5.70. The summed E-state index contributed by atoms with van der Waals surface area (Å²) in [4.78, 5) is 1.93. The summed E-state index contributed by atoms with van der Waals surface area (Å²) in [5.74, 6) is 0. The summed E-state index contributed by atoms with van der Waals surface area (Å²) in [7, 11) is 2.00. The van der Waals surface area contributed by atoms with Crippen LogP contribution < -0.4 is 10.0 Å². The van der Waals surface area contributed by atoms with Crippen molar-refractivity contribution in [3.63, 3.8) is 0 Å². The first-order chi connectivity index (χ1) is 8.36. The van der Waals surface area contributed by atoms with Gasteiger partial charge in [0.2, 0.25) is 0 Å².